The molecule has 0 saturated carbocycles. The van der Waals surface area contributed by atoms with E-state index in [0.717, 1.165) is 19.4 Å². The Labute approximate surface area is 115 Å². The standard InChI is InChI=1S/C10H13Cl2N5O/c1-13-7(18)6-3-2-4-17(5-6)10-15-8(11)14-9(12)16-10/h6H,2-5H2,1H3,(H,13,18). The molecule has 1 N–H and O–H groups in total. The van der Waals surface area contributed by atoms with Crippen molar-refractivity contribution in [1.82, 2.24) is 20.3 Å². The van der Waals surface area contributed by atoms with E-state index in [9.17, 15) is 4.79 Å². The summed E-state index contributed by atoms with van der Waals surface area (Å²) in [5, 5.41) is 2.78. The maximum absolute atomic E-state index is 11.6. The predicted molar refractivity (Wildman–Crippen MR) is 68.9 cm³/mol. The number of nitrogens with one attached hydrogen (secondary N) is 1. The number of anilines is 1. The number of aromatic nitrogens is 3. The van der Waals surface area contributed by atoms with Crippen molar-refractivity contribution in [2.75, 3.05) is 25.0 Å². The number of halogens is 2. The number of nitrogens with zero attached hydrogens (tertiary/aromatic N) is 4. The van der Waals surface area contributed by atoms with Crippen LogP contribution in [0.3, 0.4) is 0 Å². The van der Waals surface area contributed by atoms with Crippen LogP contribution in [0.25, 0.3) is 0 Å². The van der Waals surface area contributed by atoms with Gasteiger partial charge in [-0.2, -0.15) is 15.0 Å². The molecule has 1 unspecified atom stereocenters. The van der Waals surface area contributed by atoms with Crippen LogP contribution in [0.2, 0.25) is 10.6 Å². The molecule has 1 aromatic rings. The lowest BCUT2D eigenvalue weighted by atomic mass is 9.97. The van der Waals surface area contributed by atoms with Crippen LogP contribution < -0.4 is 10.2 Å². The van der Waals surface area contributed by atoms with Gasteiger partial charge in [0, 0.05) is 20.1 Å². The molecule has 1 aliphatic heterocycles. The van der Waals surface area contributed by atoms with Crippen molar-refractivity contribution in [3.63, 3.8) is 0 Å². The Morgan fingerprint density at radius 2 is 2.00 bits per heavy atom. The molecule has 6 nitrogen and oxygen atoms in total. The lowest BCUT2D eigenvalue weighted by Gasteiger charge is -2.31. The fourth-order valence-corrected chi connectivity index (χ4v) is 2.39. The second-order valence-corrected chi connectivity index (χ2v) is 4.75. The van der Waals surface area contributed by atoms with E-state index in [1.807, 2.05) is 4.90 Å². The molecule has 0 aromatic carbocycles. The van der Waals surface area contributed by atoms with Crippen LogP contribution in [0.15, 0.2) is 0 Å². The average molecular weight is 290 g/mol. The SMILES string of the molecule is CNC(=O)C1CCCN(c2nc(Cl)nc(Cl)n2)C1. The maximum atomic E-state index is 11.6. The molecule has 8 heteroatoms. The molecule has 2 heterocycles. The van der Waals surface area contributed by atoms with Gasteiger partial charge in [0.15, 0.2) is 0 Å². The van der Waals surface area contributed by atoms with Gasteiger partial charge in [0.1, 0.15) is 0 Å². The molecular formula is C10H13Cl2N5O. The number of carbonyl (C=O) groups excluding carboxylic acids is 1. The molecule has 0 aliphatic carbocycles. The molecule has 1 fully saturated rings. The third kappa shape index (κ3) is 3.00. The second kappa shape index (κ2) is 5.67. The first kappa shape index (κ1) is 13.3. The molecule has 0 bridgehead atoms. The third-order valence-corrected chi connectivity index (χ3v) is 3.23. The Hall–Kier alpha value is -1.14. The Morgan fingerprint density at radius 3 is 2.61 bits per heavy atom. The summed E-state index contributed by atoms with van der Waals surface area (Å²) in [4.78, 5) is 25.3. The highest BCUT2D eigenvalue weighted by Gasteiger charge is 2.26. The first-order chi connectivity index (χ1) is 8.60. The van der Waals surface area contributed by atoms with E-state index in [-0.39, 0.29) is 22.4 Å². The van der Waals surface area contributed by atoms with Gasteiger partial charge in [0.25, 0.3) is 0 Å². The average Bonchev–Trinajstić information content (AvgIpc) is 2.37. The van der Waals surface area contributed by atoms with Crippen molar-refractivity contribution in [3.8, 4) is 0 Å². The minimum atomic E-state index is -0.0573. The number of hydrogen-bond donors (Lipinski definition) is 1. The predicted octanol–water partition coefficient (Wildman–Crippen LogP) is 1.14. The summed E-state index contributed by atoms with van der Waals surface area (Å²) in [6.45, 7) is 1.35. The molecular weight excluding hydrogens is 277 g/mol. The van der Waals surface area contributed by atoms with Gasteiger partial charge < -0.3 is 10.2 Å². The summed E-state index contributed by atoms with van der Waals surface area (Å²) in [6, 6.07) is 0. The normalized spacial score (nSPS) is 19.7. The largest absolute Gasteiger partial charge is 0.359 e. The van der Waals surface area contributed by atoms with E-state index in [2.05, 4.69) is 20.3 Å². The molecule has 2 rings (SSSR count). The van der Waals surface area contributed by atoms with E-state index < -0.39 is 0 Å². The highest BCUT2D eigenvalue weighted by molar-refractivity contribution is 6.31. The maximum Gasteiger partial charge on any atom is 0.230 e. The van der Waals surface area contributed by atoms with Gasteiger partial charge in [-0.1, -0.05) is 0 Å². The Morgan fingerprint density at radius 1 is 1.33 bits per heavy atom. The quantitative estimate of drug-likeness (QED) is 0.884. The molecule has 0 radical (unpaired) electrons. The molecule has 98 valence electrons. The van der Waals surface area contributed by atoms with Gasteiger partial charge in [-0.05, 0) is 36.0 Å². The molecule has 1 atom stereocenters. The number of carbonyl (C=O) groups is 1. The van der Waals surface area contributed by atoms with Crippen LogP contribution >= 0.6 is 23.2 Å². The lowest BCUT2D eigenvalue weighted by molar-refractivity contribution is -0.124. The first-order valence-corrected chi connectivity index (χ1v) is 6.39. The minimum Gasteiger partial charge on any atom is -0.359 e. The number of piperidine rings is 1. The topological polar surface area (TPSA) is 71.0 Å². The summed E-state index contributed by atoms with van der Waals surface area (Å²) < 4.78 is 0. The van der Waals surface area contributed by atoms with E-state index in [4.69, 9.17) is 23.2 Å². The third-order valence-electron chi connectivity index (χ3n) is 2.89. The van der Waals surface area contributed by atoms with Gasteiger partial charge in [-0.3, -0.25) is 4.79 Å². The fraction of sp³-hybridized carbons (Fsp3) is 0.600. The van der Waals surface area contributed by atoms with Crippen LogP contribution in [-0.4, -0.2) is 41.0 Å². The van der Waals surface area contributed by atoms with E-state index in [1.54, 1.807) is 7.05 Å². The van der Waals surface area contributed by atoms with Crippen molar-refractivity contribution in [2.45, 2.75) is 12.8 Å². The van der Waals surface area contributed by atoms with Crippen LogP contribution in [-0.2, 0) is 4.79 Å². The summed E-state index contributed by atoms with van der Waals surface area (Å²) >= 11 is 11.5. The summed E-state index contributed by atoms with van der Waals surface area (Å²) in [6.07, 6.45) is 1.77. The summed E-state index contributed by atoms with van der Waals surface area (Å²) in [7, 11) is 1.64. The van der Waals surface area contributed by atoms with Crippen molar-refractivity contribution >= 4 is 35.1 Å². The Bertz CT molecular complexity index is 436. The second-order valence-electron chi connectivity index (χ2n) is 4.07. The van der Waals surface area contributed by atoms with Crippen LogP contribution in [0.4, 0.5) is 5.95 Å². The Kier molecular flexibility index (Phi) is 4.19. The monoisotopic (exact) mass is 289 g/mol. The highest BCUT2D eigenvalue weighted by atomic mass is 35.5. The van der Waals surface area contributed by atoms with Crippen molar-refractivity contribution in [2.24, 2.45) is 5.92 Å². The fourth-order valence-electron chi connectivity index (χ4n) is 2.03. The Balaban J connectivity index is 2.15. The van der Waals surface area contributed by atoms with Gasteiger partial charge in [-0.15, -0.1) is 0 Å². The number of hydrogen-bond acceptors (Lipinski definition) is 5. The van der Waals surface area contributed by atoms with E-state index in [1.165, 1.54) is 0 Å². The zero-order valence-corrected chi connectivity index (χ0v) is 11.4. The van der Waals surface area contributed by atoms with Crippen molar-refractivity contribution in [3.05, 3.63) is 10.6 Å². The number of rotatable bonds is 2. The van der Waals surface area contributed by atoms with Crippen molar-refractivity contribution in [1.29, 1.82) is 0 Å². The molecule has 1 saturated heterocycles. The molecule has 0 spiro atoms. The van der Waals surface area contributed by atoms with E-state index >= 15 is 0 Å². The summed E-state index contributed by atoms with van der Waals surface area (Å²) in [5.74, 6) is 0.401. The van der Waals surface area contributed by atoms with Gasteiger partial charge >= 0.3 is 0 Å². The first-order valence-electron chi connectivity index (χ1n) is 5.63. The molecule has 1 aromatic heterocycles. The zero-order chi connectivity index (χ0) is 13.1. The van der Waals surface area contributed by atoms with Gasteiger partial charge in [-0.25, -0.2) is 0 Å². The lowest BCUT2D eigenvalue weighted by Crippen LogP contribution is -2.42. The minimum absolute atomic E-state index is 0.0333. The highest BCUT2D eigenvalue weighted by Crippen LogP contribution is 2.22. The zero-order valence-electron chi connectivity index (χ0n) is 9.86. The van der Waals surface area contributed by atoms with Crippen LogP contribution in [0.1, 0.15) is 12.8 Å². The van der Waals surface area contributed by atoms with E-state index in [0.29, 0.717) is 12.5 Å². The molecule has 1 aliphatic rings. The molecule has 1 amide bonds. The summed E-state index contributed by atoms with van der Waals surface area (Å²) in [5.41, 5.74) is 0. The molecule has 18 heavy (non-hydrogen) atoms. The van der Waals surface area contributed by atoms with Crippen LogP contribution in [0, 0.1) is 5.92 Å². The smallest absolute Gasteiger partial charge is 0.230 e. The van der Waals surface area contributed by atoms with Crippen molar-refractivity contribution < 1.29 is 4.79 Å². The van der Waals surface area contributed by atoms with Gasteiger partial charge in [0.05, 0.1) is 5.92 Å². The van der Waals surface area contributed by atoms with Gasteiger partial charge in [0.2, 0.25) is 22.4 Å². The number of amides is 1. The van der Waals surface area contributed by atoms with Crippen LogP contribution in [0.5, 0.6) is 0 Å².